The van der Waals surface area contributed by atoms with Crippen molar-refractivity contribution in [1.29, 1.82) is 0 Å². The molecule has 0 radical (unpaired) electrons. The van der Waals surface area contributed by atoms with Crippen LogP contribution in [0.25, 0.3) is 0 Å². The molecular weight excluding hydrogens is 340 g/mol. The van der Waals surface area contributed by atoms with Gasteiger partial charge in [0.1, 0.15) is 12.6 Å². The molecule has 1 N–H and O–H groups in total. The predicted octanol–water partition coefficient (Wildman–Crippen LogP) is 2.77. The van der Waals surface area contributed by atoms with E-state index in [-0.39, 0.29) is 12.0 Å². The third kappa shape index (κ3) is 4.98. The maximum Gasteiger partial charge on any atom is 0.323 e. The number of ether oxygens (including phenoxy) is 1. The van der Waals surface area contributed by atoms with E-state index < -0.39 is 0 Å². The van der Waals surface area contributed by atoms with Crippen molar-refractivity contribution < 1.29 is 9.53 Å². The predicted molar refractivity (Wildman–Crippen MR) is 108 cm³/mol. The standard InChI is InChI=1S/C21H28N4O2/c1-3-22-19-10-7-11-23-20(19)25-14-12-24(13-15-25)17(2)21(26)27-16-18-8-5-4-6-9-18/h4-11,17,22H,3,12-16H2,1-2H3. The van der Waals surface area contributed by atoms with Crippen molar-refractivity contribution in [3.05, 3.63) is 54.2 Å². The molecule has 6 heteroatoms. The summed E-state index contributed by atoms with van der Waals surface area (Å²) in [5.74, 6) is 0.816. The normalized spacial score (nSPS) is 16.0. The van der Waals surface area contributed by atoms with Crippen LogP contribution in [0.3, 0.4) is 0 Å². The van der Waals surface area contributed by atoms with Gasteiger partial charge in [-0.05, 0) is 31.5 Å². The lowest BCUT2D eigenvalue weighted by atomic mass is 10.2. The summed E-state index contributed by atoms with van der Waals surface area (Å²) in [5, 5.41) is 3.37. The summed E-state index contributed by atoms with van der Waals surface area (Å²) in [6.07, 6.45) is 1.83. The second kappa shape index (κ2) is 9.37. The average Bonchev–Trinajstić information content (AvgIpc) is 2.73. The number of hydrogen-bond donors (Lipinski definition) is 1. The summed E-state index contributed by atoms with van der Waals surface area (Å²) < 4.78 is 5.49. The lowest BCUT2D eigenvalue weighted by molar-refractivity contribution is -0.150. The molecule has 144 valence electrons. The molecule has 2 heterocycles. The van der Waals surface area contributed by atoms with E-state index in [2.05, 4.69) is 33.1 Å². The van der Waals surface area contributed by atoms with E-state index in [9.17, 15) is 4.79 Å². The third-order valence-corrected chi connectivity index (χ3v) is 4.88. The van der Waals surface area contributed by atoms with Crippen LogP contribution in [0.15, 0.2) is 48.7 Å². The summed E-state index contributed by atoms with van der Waals surface area (Å²) in [4.78, 5) is 21.4. The number of carbonyl (C=O) groups excluding carboxylic acids is 1. The molecule has 2 aromatic rings. The molecule has 3 rings (SSSR count). The molecule has 0 bridgehead atoms. The SMILES string of the molecule is CCNc1cccnc1N1CCN(C(C)C(=O)OCc2ccccc2)CC1. The molecule has 6 nitrogen and oxygen atoms in total. The fourth-order valence-corrected chi connectivity index (χ4v) is 3.30. The highest BCUT2D eigenvalue weighted by Gasteiger charge is 2.27. The Morgan fingerprint density at radius 2 is 1.89 bits per heavy atom. The minimum atomic E-state index is -0.243. The van der Waals surface area contributed by atoms with Gasteiger partial charge in [0.25, 0.3) is 0 Å². The van der Waals surface area contributed by atoms with E-state index in [1.165, 1.54) is 0 Å². The van der Waals surface area contributed by atoms with Crippen LogP contribution in [0.1, 0.15) is 19.4 Å². The molecule has 1 unspecified atom stereocenters. The van der Waals surface area contributed by atoms with Gasteiger partial charge in [-0.15, -0.1) is 0 Å². The fourth-order valence-electron chi connectivity index (χ4n) is 3.30. The summed E-state index contributed by atoms with van der Waals surface area (Å²) >= 11 is 0. The Hall–Kier alpha value is -2.60. The maximum atomic E-state index is 12.4. The Morgan fingerprint density at radius 3 is 2.59 bits per heavy atom. The zero-order valence-corrected chi connectivity index (χ0v) is 16.1. The Labute approximate surface area is 161 Å². The lowest BCUT2D eigenvalue weighted by Crippen LogP contribution is -2.52. The second-order valence-corrected chi connectivity index (χ2v) is 6.70. The second-order valence-electron chi connectivity index (χ2n) is 6.70. The lowest BCUT2D eigenvalue weighted by Gasteiger charge is -2.38. The number of benzene rings is 1. The quantitative estimate of drug-likeness (QED) is 0.759. The number of nitrogens with zero attached hydrogens (tertiary/aromatic N) is 3. The largest absolute Gasteiger partial charge is 0.460 e. The van der Waals surface area contributed by atoms with Crippen LogP contribution in [-0.4, -0.2) is 54.6 Å². The van der Waals surface area contributed by atoms with E-state index in [0.717, 1.165) is 49.8 Å². The molecular formula is C21H28N4O2. The Kier molecular flexibility index (Phi) is 6.65. The van der Waals surface area contributed by atoms with Crippen LogP contribution in [0.5, 0.6) is 0 Å². The number of esters is 1. The highest BCUT2D eigenvalue weighted by Crippen LogP contribution is 2.24. The van der Waals surface area contributed by atoms with Crippen molar-refractivity contribution in [3.63, 3.8) is 0 Å². The average molecular weight is 368 g/mol. The first kappa shape index (κ1) is 19.2. The summed E-state index contributed by atoms with van der Waals surface area (Å²) in [5.41, 5.74) is 2.07. The molecule has 0 saturated carbocycles. The molecule has 27 heavy (non-hydrogen) atoms. The van der Waals surface area contributed by atoms with Crippen LogP contribution in [0.2, 0.25) is 0 Å². The van der Waals surface area contributed by atoms with Crippen molar-refractivity contribution in [2.24, 2.45) is 0 Å². The van der Waals surface area contributed by atoms with E-state index in [1.807, 2.05) is 49.5 Å². The molecule has 1 saturated heterocycles. The number of anilines is 2. The molecule has 0 aliphatic carbocycles. The first-order chi connectivity index (χ1) is 13.2. The molecule has 1 aliphatic rings. The number of piperazine rings is 1. The summed E-state index contributed by atoms with van der Waals surface area (Å²) in [7, 11) is 0. The van der Waals surface area contributed by atoms with Crippen molar-refractivity contribution in [3.8, 4) is 0 Å². The number of hydrogen-bond acceptors (Lipinski definition) is 6. The number of rotatable bonds is 7. The minimum absolute atomic E-state index is 0.168. The van der Waals surface area contributed by atoms with Gasteiger partial charge in [0.15, 0.2) is 5.82 Å². The molecule has 0 amide bonds. The van der Waals surface area contributed by atoms with Gasteiger partial charge in [-0.2, -0.15) is 0 Å². The van der Waals surface area contributed by atoms with E-state index in [1.54, 1.807) is 0 Å². The Bertz CT molecular complexity index is 730. The van der Waals surface area contributed by atoms with Gasteiger partial charge >= 0.3 is 5.97 Å². The third-order valence-electron chi connectivity index (χ3n) is 4.88. The maximum absolute atomic E-state index is 12.4. The smallest absolute Gasteiger partial charge is 0.323 e. The van der Waals surface area contributed by atoms with Gasteiger partial charge < -0.3 is 15.0 Å². The molecule has 0 spiro atoms. The van der Waals surface area contributed by atoms with Crippen LogP contribution < -0.4 is 10.2 Å². The van der Waals surface area contributed by atoms with Crippen molar-refractivity contribution in [1.82, 2.24) is 9.88 Å². The molecule has 1 aromatic carbocycles. The number of nitrogens with one attached hydrogen (secondary N) is 1. The first-order valence-electron chi connectivity index (χ1n) is 9.57. The van der Waals surface area contributed by atoms with Gasteiger partial charge in [-0.1, -0.05) is 30.3 Å². The Balaban J connectivity index is 1.52. The topological polar surface area (TPSA) is 57.7 Å². The number of carbonyl (C=O) groups is 1. The van der Waals surface area contributed by atoms with Crippen LogP contribution >= 0.6 is 0 Å². The van der Waals surface area contributed by atoms with Crippen molar-refractivity contribution in [2.45, 2.75) is 26.5 Å². The van der Waals surface area contributed by atoms with Gasteiger partial charge in [0.05, 0.1) is 5.69 Å². The van der Waals surface area contributed by atoms with Crippen molar-refractivity contribution >= 4 is 17.5 Å². The van der Waals surface area contributed by atoms with E-state index >= 15 is 0 Å². The molecule has 1 aromatic heterocycles. The molecule has 1 atom stereocenters. The van der Waals surface area contributed by atoms with Gasteiger partial charge in [-0.25, -0.2) is 4.98 Å². The van der Waals surface area contributed by atoms with Crippen molar-refractivity contribution in [2.75, 3.05) is 42.9 Å². The fraction of sp³-hybridized carbons (Fsp3) is 0.429. The Morgan fingerprint density at radius 1 is 1.15 bits per heavy atom. The van der Waals surface area contributed by atoms with Gasteiger partial charge in [0.2, 0.25) is 0 Å². The van der Waals surface area contributed by atoms with Gasteiger partial charge in [-0.3, -0.25) is 9.69 Å². The number of pyridine rings is 1. The summed E-state index contributed by atoms with van der Waals surface area (Å²) in [6.45, 7) is 8.49. The zero-order valence-electron chi connectivity index (χ0n) is 16.1. The highest BCUT2D eigenvalue weighted by molar-refractivity contribution is 5.75. The minimum Gasteiger partial charge on any atom is -0.460 e. The zero-order chi connectivity index (χ0) is 19.1. The van der Waals surface area contributed by atoms with Crippen LogP contribution in [0, 0.1) is 0 Å². The molecule has 1 fully saturated rings. The van der Waals surface area contributed by atoms with Gasteiger partial charge in [0, 0.05) is 38.9 Å². The molecule has 1 aliphatic heterocycles. The highest BCUT2D eigenvalue weighted by atomic mass is 16.5. The number of aromatic nitrogens is 1. The monoisotopic (exact) mass is 368 g/mol. The van der Waals surface area contributed by atoms with E-state index in [0.29, 0.717) is 6.61 Å². The van der Waals surface area contributed by atoms with Crippen LogP contribution in [-0.2, 0) is 16.1 Å². The van der Waals surface area contributed by atoms with Crippen LogP contribution in [0.4, 0.5) is 11.5 Å². The van der Waals surface area contributed by atoms with E-state index in [4.69, 9.17) is 4.74 Å². The summed E-state index contributed by atoms with van der Waals surface area (Å²) in [6, 6.07) is 13.5. The first-order valence-corrected chi connectivity index (χ1v) is 9.57.